The van der Waals surface area contributed by atoms with E-state index < -0.39 is 23.2 Å². The average molecular weight is 391 g/mol. The van der Waals surface area contributed by atoms with Crippen LogP contribution in [-0.2, 0) is 6.18 Å². The minimum absolute atomic E-state index is 0.0796. The molecule has 0 fully saturated rings. The van der Waals surface area contributed by atoms with Gasteiger partial charge in [0.15, 0.2) is 0 Å². The standard InChI is InChI=1S/C18H13F4N5O/c1-26(2)14-8-13-10(6-11(14)19)17(28)24-16-7-12(25-27(13)16)9-3-4-23-15(5-9)18(20,21)22/h3-8H,1-2H3,(H,24,28). The van der Waals surface area contributed by atoms with E-state index in [9.17, 15) is 22.4 Å². The third-order valence-electron chi connectivity index (χ3n) is 4.32. The van der Waals surface area contributed by atoms with Crippen LogP contribution >= 0.6 is 0 Å². The summed E-state index contributed by atoms with van der Waals surface area (Å²) < 4.78 is 54.4. The van der Waals surface area contributed by atoms with Crippen molar-refractivity contribution >= 4 is 22.2 Å². The molecule has 4 aromatic rings. The quantitative estimate of drug-likeness (QED) is 0.532. The molecular weight excluding hydrogens is 378 g/mol. The highest BCUT2D eigenvalue weighted by atomic mass is 19.4. The second-order valence-corrected chi connectivity index (χ2v) is 6.42. The number of anilines is 1. The summed E-state index contributed by atoms with van der Waals surface area (Å²) >= 11 is 0. The van der Waals surface area contributed by atoms with Crippen LogP contribution in [0.1, 0.15) is 5.69 Å². The van der Waals surface area contributed by atoms with E-state index in [0.29, 0.717) is 5.52 Å². The number of pyridine rings is 1. The van der Waals surface area contributed by atoms with E-state index in [2.05, 4.69) is 15.1 Å². The van der Waals surface area contributed by atoms with Crippen LogP contribution in [0.4, 0.5) is 23.2 Å². The minimum atomic E-state index is -4.59. The van der Waals surface area contributed by atoms with Crippen molar-refractivity contribution in [3.05, 3.63) is 58.4 Å². The SMILES string of the molecule is CN(C)c1cc2c(cc1F)c(=O)[nH]c1cc(-c3ccnc(C(F)(F)F)c3)nn12. The van der Waals surface area contributed by atoms with Crippen molar-refractivity contribution < 1.29 is 17.6 Å². The Morgan fingerprint density at radius 3 is 2.57 bits per heavy atom. The molecule has 4 rings (SSSR count). The first-order valence-electron chi connectivity index (χ1n) is 8.11. The summed E-state index contributed by atoms with van der Waals surface area (Å²) in [4.78, 5) is 19.8. The van der Waals surface area contributed by atoms with Gasteiger partial charge in [0.2, 0.25) is 0 Å². The molecule has 6 nitrogen and oxygen atoms in total. The smallest absolute Gasteiger partial charge is 0.375 e. The fraction of sp³-hybridized carbons (Fsp3) is 0.167. The van der Waals surface area contributed by atoms with Crippen LogP contribution in [0.5, 0.6) is 0 Å². The van der Waals surface area contributed by atoms with Gasteiger partial charge in [0.25, 0.3) is 5.56 Å². The summed E-state index contributed by atoms with van der Waals surface area (Å²) in [5.41, 5.74) is -0.308. The van der Waals surface area contributed by atoms with E-state index in [1.165, 1.54) is 22.7 Å². The average Bonchev–Trinajstić information content (AvgIpc) is 3.05. The highest BCUT2D eigenvalue weighted by Crippen LogP contribution is 2.31. The first-order valence-corrected chi connectivity index (χ1v) is 8.11. The molecule has 0 unspecified atom stereocenters. The Balaban J connectivity index is 1.98. The zero-order valence-corrected chi connectivity index (χ0v) is 14.7. The maximum absolute atomic E-state index is 14.2. The van der Waals surface area contributed by atoms with E-state index in [-0.39, 0.29) is 28.0 Å². The number of hydrogen-bond donors (Lipinski definition) is 1. The molecule has 3 aromatic heterocycles. The van der Waals surface area contributed by atoms with Crippen molar-refractivity contribution in [3.8, 4) is 11.3 Å². The van der Waals surface area contributed by atoms with Gasteiger partial charge in [0.1, 0.15) is 17.2 Å². The zero-order chi connectivity index (χ0) is 20.2. The van der Waals surface area contributed by atoms with Crippen LogP contribution in [0, 0.1) is 5.82 Å². The summed E-state index contributed by atoms with van der Waals surface area (Å²) in [5.74, 6) is -0.571. The van der Waals surface area contributed by atoms with Gasteiger partial charge in [-0.05, 0) is 24.3 Å². The van der Waals surface area contributed by atoms with Crippen LogP contribution in [0.15, 0.2) is 41.3 Å². The number of alkyl halides is 3. The van der Waals surface area contributed by atoms with E-state index >= 15 is 0 Å². The largest absolute Gasteiger partial charge is 0.433 e. The molecule has 3 heterocycles. The number of fused-ring (bicyclic) bond motifs is 3. The van der Waals surface area contributed by atoms with E-state index in [1.807, 2.05) is 0 Å². The van der Waals surface area contributed by atoms with Gasteiger partial charge in [-0.2, -0.15) is 18.3 Å². The number of halogens is 4. The van der Waals surface area contributed by atoms with Crippen LogP contribution in [0.25, 0.3) is 27.8 Å². The number of aromatic nitrogens is 4. The Morgan fingerprint density at radius 1 is 1.14 bits per heavy atom. The summed E-state index contributed by atoms with van der Waals surface area (Å²) in [6.45, 7) is 0. The van der Waals surface area contributed by atoms with Crippen molar-refractivity contribution in [1.29, 1.82) is 0 Å². The predicted octanol–water partition coefficient (Wildman–Crippen LogP) is 3.46. The zero-order valence-electron chi connectivity index (χ0n) is 14.7. The number of nitrogens with one attached hydrogen (secondary N) is 1. The topological polar surface area (TPSA) is 66.3 Å². The predicted molar refractivity (Wildman–Crippen MR) is 95.8 cm³/mol. The third kappa shape index (κ3) is 2.86. The lowest BCUT2D eigenvalue weighted by Crippen LogP contribution is -2.14. The number of aromatic amines is 1. The maximum atomic E-state index is 14.2. The Hall–Kier alpha value is -3.43. The van der Waals surface area contributed by atoms with Gasteiger partial charge in [-0.1, -0.05) is 0 Å². The lowest BCUT2D eigenvalue weighted by atomic mass is 10.1. The van der Waals surface area contributed by atoms with Crippen LogP contribution in [0.3, 0.4) is 0 Å². The van der Waals surface area contributed by atoms with Crippen LogP contribution < -0.4 is 10.5 Å². The molecule has 10 heteroatoms. The summed E-state index contributed by atoms with van der Waals surface area (Å²) in [5, 5.41) is 4.40. The molecule has 28 heavy (non-hydrogen) atoms. The van der Waals surface area contributed by atoms with E-state index in [1.54, 1.807) is 19.0 Å². The molecule has 0 bridgehead atoms. The molecule has 0 amide bonds. The lowest BCUT2D eigenvalue weighted by molar-refractivity contribution is -0.141. The van der Waals surface area contributed by atoms with Gasteiger partial charge < -0.3 is 9.88 Å². The number of benzene rings is 1. The second kappa shape index (κ2) is 6.04. The molecule has 0 saturated heterocycles. The summed E-state index contributed by atoms with van der Waals surface area (Å²) in [7, 11) is 3.30. The summed E-state index contributed by atoms with van der Waals surface area (Å²) in [6, 6.07) is 6.31. The Morgan fingerprint density at radius 2 is 1.89 bits per heavy atom. The number of nitrogens with zero attached hydrogens (tertiary/aromatic N) is 4. The molecule has 0 spiro atoms. The molecule has 0 atom stereocenters. The monoisotopic (exact) mass is 391 g/mol. The molecule has 0 aliphatic carbocycles. The molecule has 1 aromatic carbocycles. The van der Waals surface area contributed by atoms with Crippen molar-refractivity contribution in [2.24, 2.45) is 0 Å². The van der Waals surface area contributed by atoms with Gasteiger partial charge >= 0.3 is 6.18 Å². The molecule has 0 aliphatic heterocycles. The molecule has 144 valence electrons. The lowest BCUT2D eigenvalue weighted by Gasteiger charge is -2.14. The van der Waals surface area contributed by atoms with Crippen molar-refractivity contribution in [2.75, 3.05) is 19.0 Å². The number of hydrogen-bond acceptors (Lipinski definition) is 4. The van der Waals surface area contributed by atoms with Crippen molar-refractivity contribution in [2.45, 2.75) is 6.18 Å². The van der Waals surface area contributed by atoms with E-state index in [0.717, 1.165) is 18.3 Å². The Bertz CT molecular complexity index is 1270. The first kappa shape index (κ1) is 18.0. The number of rotatable bonds is 2. The Kier molecular flexibility index (Phi) is 3.88. The molecule has 0 aliphatic rings. The van der Waals surface area contributed by atoms with Crippen LogP contribution in [-0.4, -0.2) is 33.7 Å². The van der Waals surface area contributed by atoms with Gasteiger partial charge in [0.05, 0.1) is 22.3 Å². The molecule has 0 radical (unpaired) electrons. The fourth-order valence-corrected chi connectivity index (χ4v) is 2.97. The Labute approximate surface area is 155 Å². The van der Waals surface area contributed by atoms with E-state index in [4.69, 9.17) is 0 Å². The third-order valence-corrected chi connectivity index (χ3v) is 4.32. The molecule has 1 N–H and O–H groups in total. The van der Waals surface area contributed by atoms with Crippen molar-refractivity contribution in [3.63, 3.8) is 0 Å². The van der Waals surface area contributed by atoms with Gasteiger partial charge in [0, 0.05) is 31.9 Å². The molecule has 0 saturated carbocycles. The van der Waals surface area contributed by atoms with Gasteiger partial charge in [-0.3, -0.25) is 9.78 Å². The highest BCUT2D eigenvalue weighted by molar-refractivity contribution is 5.84. The molecular formula is C18H13F4N5O. The minimum Gasteiger partial charge on any atom is -0.375 e. The highest BCUT2D eigenvalue weighted by Gasteiger charge is 2.32. The van der Waals surface area contributed by atoms with Crippen LogP contribution in [0.2, 0.25) is 0 Å². The normalized spacial score (nSPS) is 12.1. The van der Waals surface area contributed by atoms with Crippen molar-refractivity contribution in [1.82, 2.24) is 19.6 Å². The maximum Gasteiger partial charge on any atom is 0.433 e. The first-order chi connectivity index (χ1) is 13.1. The second-order valence-electron chi connectivity index (χ2n) is 6.42. The number of H-pyrrole nitrogens is 1. The van der Waals surface area contributed by atoms with Gasteiger partial charge in [-0.25, -0.2) is 8.91 Å². The summed E-state index contributed by atoms with van der Waals surface area (Å²) in [6.07, 6.45) is -3.54. The fourth-order valence-electron chi connectivity index (χ4n) is 2.97. The van der Waals surface area contributed by atoms with Gasteiger partial charge in [-0.15, -0.1) is 0 Å².